The molecule has 0 bridgehead atoms. The minimum Gasteiger partial charge on any atom is -0.384 e. The van der Waals surface area contributed by atoms with Crippen molar-refractivity contribution in [3.8, 4) is 0 Å². The van der Waals surface area contributed by atoms with E-state index in [0.29, 0.717) is 18.1 Å². The summed E-state index contributed by atoms with van der Waals surface area (Å²) in [6.07, 6.45) is 2.82. The minimum atomic E-state index is -3.70. The van der Waals surface area contributed by atoms with Gasteiger partial charge >= 0.3 is 0 Å². The largest absolute Gasteiger partial charge is 0.384 e. The molecule has 0 saturated carbocycles. The first kappa shape index (κ1) is 14.4. The van der Waals surface area contributed by atoms with E-state index in [4.69, 9.17) is 4.52 Å². The summed E-state index contributed by atoms with van der Waals surface area (Å²) in [5.41, 5.74) is 0.499. The van der Waals surface area contributed by atoms with Crippen LogP contribution in [-0.2, 0) is 16.6 Å². The van der Waals surface area contributed by atoms with Gasteiger partial charge in [-0.1, -0.05) is 5.16 Å². The second-order valence-corrected chi connectivity index (χ2v) is 5.69. The maximum Gasteiger partial charge on any atom is 0.244 e. The second-order valence-electron chi connectivity index (χ2n) is 3.96. The van der Waals surface area contributed by atoms with Crippen molar-refractivity contribution >= 4 is 15.7 Å². The van der Waals surface area contributed by atoms with Crippen molar-refractivity contribution in [3.05, 3.63) is 30.2 Å². The van der Waals surface area contributed by atoms with Crippen LogP contribution in [0.1, 0.15) is 18.6 Å². The number of sulfonamides is 1. The van der Waals surface area contributed by atoms with Crippen LogP contribution in [0.3, 0.4) is 0 Å². The van der Waals surface area contributed by atoms with Crippen LogP contribution >= 0.6 is 0 Å². The fourth-order valence-corrected chi connectivity index (χ4v) is 2.69. The Morgan fingerprint density at radius 2 is 2.20 bits per heavy atom. The third kappa shape index (κ3) is 3.31. The number of nitrogens with zero attached hydrogens (tertiary/aromatic N) is 3. The molecule has 0 amide bonds. The van der Waals surface area contributed by atoms with E-state index in [2.05, 4.69) is 25.2 Å². The van der Waals surface area contributed by atoms with Gasteiger partial charge in [0.05, 0.1) is 12.2 Å². The lowest BCUT2D eigenvalue weighted by molar-refractivity contribution is 0.387. The SMILES string of the molecule is CCNc1ccncc1S(=O)(=O)NCc1noc(C)n1. The lowest BCUT2D eigenvalue weighted by Crippen LogP contribution is -2.25. The monoisotopic (exact) mass is 297 g/mol. The van der Waals surface area contributed by atoms with E-state index in [1.807, 2.05) is 6.92 Å². The van der Waals surface area contributed by atoms with E-state index in [9.17, 15) is 8.42 Å². The number of aromatic nitrogens is 3. The molecule has 8 nitrogen and oxygen atoms in total. The highest BCUT2D eigenvalue weighted by molar-refractivity contribution is 7.89. The van der Waals surface area contributed by atoms with Gasteiger partial charge in [0, 0.05) is 25.9 Å². The smallest absolute Gasteiger partial charge is 0.244 e. The van der Waals surface area contributed by atoms with Crippen LogP contribution in [0.15, 0.2) is 27.9 Å². The minimum absolute atomic E-state index is 0.0415. The molecule has 2 aromatic heterocycles. The van der Waals surface area contributed by atoms with Crippen molar-refractivity contribution in [2.45, 2.75) is 25.3 Å². The first-order valence-corrected chi connectivity index (χ1v) is 7.48. The average Bonchev–Trinajstić information content (AvgIpc) is 2.83. The van der Waals surface area contributed by atoms with Gasteiger partial charge in [-0.2, -0.15) is 4.98 Å². The maximum absolute atomic E-state index is 12.2. The molecule has 2 heterocycles. The van der Waals surface area contributed by atoms with Crippen LogP contribution in [0, 0.1) is 6.92 Å². The van der Waals surface area contributed by atoms with Gasteiger partial charge in [-0.05, 0) is 13.0 Å². The molecule has 0 spiro atoms. The van der Waals surface area contributed by atoms with E-state index in [0.717, 1.165) is 0 Å². The first-order chi connectivity index (χ1) is 9.53. The zero-order chi connectivity index (χ0) is 14.6. The molecule has 2 rings (SSSR count). The first-order valence-electron chi connectivity index (χ1n) is 5.99. The summed E-state index contributed by atoms with van der Waals surface area (Å²) < 4.78 is 31.6. The van der Waals surface area contributed by atoms with E-state index in [-0.39, 0.29) is 17.3 Å². The number of hydrogen-bond acceptors (Lipinski definition) is 7. The third-order valence-electron chi connectivity index (χ3n) is 2.43. The second kappa shape index (κ2) is 5.97. The highest BCUT2D eigenvalue weighted by atomic mass is 32.2. The van der Waals surface area contributed by atoms with Gasteiger partial charge in [0.25, 0.3) is 0 Å². The van der Waals surface area contributed by atoms with E-state index in [1.165, 1.54) is 12.4 Å². The van der Waals surface area contributed by atoms with Gasteiger partial charge in [0.15, 0.2) is 5.82 Å². The van der Waals surface area contributed by atoms with Gasteiger partial charge in [-0.15, -0.1) is 0 Å². The van der Waals surface area contributed by atoms with Gasteiger partial charge in [-0.3, -0.25) is 4.98 Å². The number of pyridine rings is 1. The van der Waals surface area contributed by atoms with Crippen LogP contribution in [0.5, 0.6) is 0 Å². The predicted octanol–water partition coefficient (Wildman–Crippen LogP) is 0.683. The summed E-state index contributed by atoms with van der Waals surface area (Å²) in [5, 5.41) is 6.60. The Kier molecular flexibility index (Phi) is 4.30. The highest BCUT2D eigenvalue weighted by Gasteiger charge is 2.19. The quantitative estimate of drug-likeness (QED) is 0.806. The van der Waals surface area contributed by atoms with Crippen molar-refractivity contribution in [2.24, 2.45) is 0 Å². The number of nitrogens with one attached hydrogen (secondary N) is 2. The summed E-state index contributed by atoms with van der Waals surface area (Å²) >= 11 is 0. The van der Waals surface area contributed by atoms with Gasteiger partial charge in [-0.25, -0.2) is 13.1 Å². The molecule has 0 aromatic carbocycles. The summed E-state index contributed by atoms with van der Waals surface area (Å²) in [5.74, 6) is 0.661. The van der Waals surface area contributed by atoms with Crippen LogP contribution in [0.25, 0.3) is 0 Å². The molecule has 0 aliphatic rings. The third-order valence-corrected chi connectivity index (χ3v) is 3.86. The fourth-order valence-electron chi connectivity index (χ4n) is 1.58. The van der Waals surface area contributed by atoms with Crippen LogP contribution in [-0.4, -0.2) is 30.1 Å². The molecule has 0 radical (unpaired) electrons. The Bertz CT molecular complexity index is 683. The van der Waals surface area contributed by atoms with Crippen molar-refractivity contribution in [1.29, 1.82) is 0 Å². The Morgan fingerprint density at radius 1 is 1.40 bits per heavy atom. The Hall–Kier alpha value is -2.00. The van der Waals surface area contributed by atoms with Crippen molar-refractivity contribution in [3.63, 3.8) is 0 Å². The predicted molar refractivity (Wildman–Crippen MR) is 71.5 cm³/mol. The summed E-state index contributed by atoms with van der Waals surface area (Å²) in [7, 11) is -3.70. The molecule has 2 aromatic rings. The molecular formula is C11H15N5O3S. The van der Waals surface area contributed by atoms with E-state index >= 15 is 0 Å². The Morgan fingerprint density at radius 3 is 2.85 bits per heavy atom. The number of hydrogen-bond donors (Lipinski definition) is 2. The zero-order valence-electron chi connectivity index (χ0n) is 11.1. The van der Waals surface area contributed by atoms with Crippen molar-refractivity contribution < 1.29 is 12.9 Å². The van der Waals surface area contributed by atoms with Crippen molar-refractivity contribution in [2.75, 3.05) is 11.9 Å². The average molecular weight is 297 g/mol. The van der Waals surface area contributed by atoms with Gasteiger partial charge < -0.3 is 9.84 Å². The lowest BCUT2D eigenvalue weighted by atomic mass is 10.4. The molecule has 0 unspecified atom stereocenters. The summed E-state index contributed by atoms with van der Waals surface area (Å²) in [6.45, 7) is 4.08. The van der Waals surface area contributed by atoms with Crippen LogP contribution in [0.2, 0.25) is 0 Å². The van der Waals surface area contributed by atoms with Gasteiger partial charge in [0.1, 0.15) is 4.90 Å². The maximum atomic E-state index is 12.2. The molecule has 0 aliphatic carbocycles. The molecular weight excluding hydrogens is 282 g/mol. The lowest BCUT2D eigenvalue weighted by Gasteiger charge is -2.10. The standard InChI is InChI=1S/C11H15N5O3S/c1-3-13-9-4-5-12-6-10(9)20(17,18)14-7-11-15-8(2)19-16-11/h4-6,14H,3,7H2,1-2H3,(H,12,13). The molecule has 108 valence electrons. The molecule has 2 N–H and O–H groups in total. The molecule has 0 saturated heterocycles. The zero-order valence-corrected chi connectivity index (χ0v) is 11.9. The van der Waals surface area contributed by atoms with E-state index in [1.54, 1.807) is 13.0 Å². The molecule has 9 heteroatoms. The Labute approximate surface area is 116 Å². The normalized spacial score (nSPS) is 11.5. The van der Waals surface area contributed by atoms with Crippen LogP contribution < -0.4 is 10.0 Å². The number of aryl methyl sites for hydroxylation is 1. The number of anilines is 1. The van der Waals surface area contributed by atoms with Crippen LogP contribution in [0.4, 0.5) is 5.69 Å². The van der Waals surface area contributed by atoms with Crippen molar-refractivity contribution in [1.82, 2.24) is 19.8 Å². The molecule has 0 fully saturated rings. The highest BCUT2D eigenvalue weighted by Crippen LogP contribution is 2.19. The molecule has 0 atom stereocenters. The van der Waals surface area contributed by atoms with Gasteiger partial charge in [0.2, 0.25) is 15.9 Å². The van der Waals surface area contributed by atoms with E-state index < -0.39 is 10.0 Å². The molecule has 0 aliphatic heterocycles. The fraction of sp³-hybridized carbons (Fsp3) is 0.364. The topological polar surface area (TPSA) is 110 Å². The summed E-state index contributed by atoms with van der Waals surface area (Å²) in [6, 6.07) is 1.61. The Balaban J connectivity index is 2.18. The number of rotatable bonds is 6. The molecule has 20 heavy (non-hydrogen) atoms. The summed E-state index contributed by atoms with van der Waals surface area (Å²) in [4.78, 5) is 7.86.